The van der Waals surface area contributed by atoms with Gasteiger partial charge in [-0.2, -0.15) is 0 Å². The molecule has 0 fully saturated rings. The highest BCUT2D eigenvalue weighted by Crippen LogP contribution is 2.30. The summed E-state index contributed by atoms with van der Waals surface area (Å²) in [6, 6.07) is 9.92. The highest BCUT2D eigenvalue weighted by molar-refractivity contribution is 9.10. The fourth-order valence-corrected chi connectivity index (χ4v) is 1.96. The Morgan fingerprint density at radius 2 is 2.06 bits per heavy atom. The molecule has 0 amide bonds. The van der Waals surface area contributed by atoms with Crippen LogP contribution in [0, 0.1) is 0 Å². The maximum Gasteiger partial charge on any atom is 0.134 e. The summed E-state index contributed by atoms with van der Waals surface area (Å²) in [7, 11) is 1.91. The van der Waals surface area contributed by atoms with Crippen molar-refractivity contribution in [3.63, 3.8) is 0 Å². The van der Waals surface area contributed by atoms with Gasteiger partial charge in [-0.3, -0.25) is 0 Å². The zero-order valence-electron chi connectivity index (χ0n) is 9.63. The van der Waals surface area contributed by atoms with Gasteiger partial charge in [-0.25, -0.2) is 0 Å². The van der Waals surface area contributed by atoms with Crippen LogP contribution in [0.4, 0.5) is 0 Å². The summed E-state index contributed by atoms with van der Waals surface area (Å²) in [4.78, 5) is 0. The van der Waals surface area contributed by atoms with E-state index in [1.54, 1.807) is 0 Å². The van der Waals surface area contributed by atoms with Crippen LogP contribution in [-0.2, 0) is 0 Å². The highest BCUT2D eigenvalue weighted by Gasteiger charge is 2.10. The third-order valence-corrected chi connectivity index (χ3v) is 3.92. The Hall–Kier alpha value is -0.770. The molecule has 1 aromatic heterocycles. The standard InChI is InChI=1S/C13H13BrClNO/c1-8(16-2)12-5-6-13(17-12)9-3-4-10(14)11(15)7-9/h3-8,16H,1-2H3. The molecule has 0 spiro atoms. The summed E-state index contributed by atoms with van der Waals surface area (Å²) >= 11 is 9.43. The average molecular weight is 315 g/mol. The van der Waals surface area contributed by atoms with Gasteiger partial charge in [0.1, 0.15) is 11.5 Å². The first-order valence-corrected chi connectivity index (χ1v) is 6.51. The molecule has 1 atom stereocenters. The van der Waals surface area contributed by atoms with E-state index >= 15 is 0 Å². The molecule has 1 N–H and O–H groups in total. The van der Waals surface area contributed by atoms with Gasteiger partial charge in [0.2, 0.25) is 0 Å². The number of rotatable bonds is 3. The van der Waals surface area contributed by atoms with Gasteiger partial charge in [-0.05, 0) is 54.2 Å². The Morgan fingerprint density at radius 1 is 1.29 bits per heavy atom. The quantitative estimate of drug-likeness (QED) is 0.892. The zero-order valence-corrected chi connectivity index (χ0v) is 12.0. The van der Waals surface area contributed by atoms with Crippen molar-refractivity contribution in [3.05, 3.63) is 45.6 Å². The molecule has 0 aliphatic rings. The molecule has 0 saturated heterocycles. The Morgan fingerprint density at radius 3 is 2.71 bits per heavy atom. The average Bonchev–Trinajstić information content (AvgIpc) is 2.81. The molecule has 2 nitrogen and oxygen atoms in total. The molecular formula is C13H13BrClNO. The number of hydrogen-bond donors (Lipinski definition) is 1. The maximum absolute atomic E-state index is 6.06. The lowest BCUT2D eigenvalue weighted by atomic mass is 10.2. The Balaban J connectivity index is 2.33. The first kappa shape index (κ1) is 12.7. The van der Waals surface area contributed by atoms with Crippen LogP contribution < -0.4 is 5.32 Å². The first-order chi connectivity index (χ1) is 8.11. The molecule has 0 radical (unpaired) electrons. The van der Waals surface area contributed by atoms with Crippen LogP contribution in [0.2, 0.25) is 5.02 Å². The predicted molar refractivity (Wildman–Crippen MR) is 74.3 cm³/mol. The highest BCUT2D eigenvalue weighted by atomic mass is 79.9. The minimum Gasteiger partial charge on any atom is -0.459 e. The van der Waals surface area contributed by atoms with Gasteiger partial charge in [0, 0.05) is 10.0 Å². The van der Waals surface area contributed by atoms with E-state index in [9.17, 15) is 0 Å². The Kier molecular flexibility index (Phi) is 3.92. The summed E-state index contributed by atoms with van der Waals surface area (Å²) in [5.74, 6) is 1.75. The minimum absolute atomic E-state index is 0.203. The van der Waals surface area contributed by atoms with Crippen LogP contribution in [0.1, 0.15) is 18.7 Å². The second-order valence-electron chi connectivity index (χ2n) is 3.84. The zero-order chi connectivity index (χ0) is 12.4. The Bertz CT molecular complexity index is 524. The summed E-state index contributed by atoms with van der Waals surface area (Å²) < 4.78 is 6.67. The first-order valence-electron chi connectivity index (χ1n) is 5.34. The van der Waals surface area contributed by atoms with Gasteiger partial charge in [0.15, 0.2) is 0 Å². The lowest BCUT2D eigenvalue weighted by Gasteiger charge is -2.05. The fraction of sp³-hybridized carbons (Fsp3) is 0.231. The molecule has 0 bridgehead atoms. The number of halogens is 2. The molecular weight excluding hydrogens is 302 g/mol. The van der Waals surface area contributed by atoms with Gasteiger partial charge < -0.3 is 9.73 Å². The molecule has 17 heavy (non-hydrogen) atoms. The Labute approximate surface area is 114 Å². The van der Waals surface area contributed by atoms with Crippen LogP contribution in [0.5, 0.6) is 0 Å². The van der Waals surface area contributed by atoms with Gasteiger partial charge in [0.05, 0.1) is 11.1 Å². The van der Waals surface area contributed by atoms with Crippen molar-refractivity contribution in [2.24, 2.45) is 0 Å². The summed E-state index contributed by atoms with van der Waals surface area (Å²) in [5.41, 5.74) is 0.979. The molecule has 90 valence electrons. The van der Waals surface area contributed by atoms with Crippen molar-refractivity contribution in [2.45, 2.75) is 13.0 Å². The van der Waals surface area contributed by atoms with Crippen molar-refractivity contribution in [1.29, 1.82) is 0 Å². The molecule has 2 rings (SSSR count). The van der Waals surface area contributed by atoms with Gasteiger partial charge in [0.25, 0.3) is 0 Å². The normalized spacial score (nSPS) is 12.7. The third-order valence-electron chi connectivity index (χ3n) is 2.69. The van der Waals surface area contributed by atoms with Crippen LogP contribution in [0.15, 0.2) is 39.2 Å². The van der Waals surface area contributed by atoms with Crippen molar-refractivity contribution in [3.8, 4) is 11.3 Å². The summed E-state index contributed by atoms with van der Waals surface area (Å²) in [6.07, 6.45) is 0. The van der Waals surface area contributed by atoms with E-state index in [1.807, 2.05) is 37.4 Å². The summed E-state index contributed by atoms with van der Waals surface area (Å²) in [5, 5.41) is 3.82. The number of nitrogens with one attached hydrogen (secondary N) is 1. The van der Waals surface area contributed by atoms with Crippen molar-refractivity contribution < 1.29 is 4.42 Å². The van der Waals surface area contributed by atoms with E-state index in [1.165, 1.54) is 0 Å². The topological polar surface area (TPSA) is 25.2 Å². The van der Waals surface area contributed by atoms with E-state index in [2.05, 4.69) is 28.2 Å². The largest absolute Gasteiger partial charge is 0.459 e. The number of hydrogen-bond acceptors (Lipinski definition) is 2. The van der Waals surface area contributed by atoms with Crippen molar-refractivity contribution in [1.82, 2.24) is 5.32 Å². The smallest absolute Gasteiger partial charge is 0.134 e. The molecule has 1 heterocycles. The second kappa shape index (κ2) is 5.25. The second-order valence-corrected chi connectivity index (χ2v) is 5.10. The van der Waals surface area contributed by atoms with Crippen LogP contribution in [-0.4, -0.2) is 7.05 Å². The van der Waals surface area contributed by atoms with E-state index < -0.39 is 0 Å². The third kappa shape index (κ3) is 2.73. The SMILES string of the molecule is CNC(C)c1ccc(-c2ccc(Br)c(Cl)c2)o1. The molecule has 0 aliphatic carbocycles. The fourth-order valence-electron chi connectivity index (χ4n) is 1.53. The van der Waals surface area contributed by atoms with Crippen molar-refractivity contribution in [2.75, 3.05) is 7.05 Å². The number of benzene rings is 1. The molecule has 4 heteroatoms. The molecule has 2 aromatic rings. The summed E-state index contributed by atoms with van der Waals surface area (Å²) in [6.45, 7) is 2.05. The van der Waals surface area contributed by atoms with E-state index in [-0.39, 0.29) is 6.04 Å². The molecule has 1 aromatic carbocycles. The van der Waals surface area contributed by atoms with E-state index in [4.69, 9.17) is 16.0 Å². The van der Waals surface area contributed by atoms with Gasteiger partial charge in [-0.15, -0.1) is 0 Å². The maximum atomic E-state index is 6.06. The van der Waals surface area contributed by atoms with Gasteiger partial charge in [-0.1, -0.05) is 17.7 Å². The van der Waals surface area contributed by atoms with E-state index in [0.29, 0.717) is 5.02 Å². The lowest BCUT2D eigenvalue weighted by Crippen LogP contribution is -2.10. The minimum atomic E-state index is 0.203. The monoisotopic (exact) mass is 313 g/mol. The number of furan rings is 1. The van der Waals surface area contributed by atoms with Crippen LogP contribution in [0.25, 0.3) is 11.3 Å². The van der Waals surface area contributed by atoms with Crippen LogP contribution in [0.3, 0.4) is 0 Å². The predicted octanol–water partition coefficient (Wildman–Crippen LogP) is 4.64. The molecule has 0 aliphatic heterocycles. The van der Waals surface area contributed by atoms with Crippen molar-refractivity contribution >= 4 is 27.5 Å². The van der Waals surface area contributed by atoms with Gasteiger partial charge >= 0.3 is 0 Å². The van der Waals surface area contributed by atoms with Crippen LogP contribution >= 0.6 is 27.5 Å². The lowest BCUT2D eigenvalue weighted by molar-refractivity contribution is 0.458. The molecule has 1 unspecified atom stereocenters. The van der Waals surface area contributed by atoms with E-state index in [0.717, 1.165) is 21.6 Å². The molecule has 0 saturated carbocycles.